The maximum Gasteiger partial charge on any atom is 0.255 e. The Bertz CT molecular complexity index is 663. The molecule has 1 amide bonds. The van der Waals surface area contributed by atoms with E-state index in [0.29, 0.717) is 24.5 Å². The molecule has 1 aromatic heterocycles. The first-order valence-electron chi connectivity index (χ1n) is 6.96. The van der Waals surface area contributed by atoms with E-state index in [1.54, 1.807) is 6.26 Å². The van der Waals surface area contributed by atoms with Crippen LogP contribution in [0.4, 0.5) is 0 Å². The first-order valence-corrected chi connectivity index (χ1v) is 6.96. The van der Waals surface area contributed by atoms with E-state index in [1.165, 1.54) is 0 Å². The maximum atomic E-state index is 12.1. The van der Waals surface area contributed by atoms with E-state index in [4.69, 9.17) is 9.15 Å². The Hall–Kier alpha value is -2.27. The maximum absolute atomic E-state index is 12.1. The minimum absolute atomic E-state index is 0.0243. The average Bonchev–Trinajstić information content (AvgIpc) is 2.82. The molecule has 3 rings (SSSR count). The molecule has 5 nitrogen and oxygen atoms in total. The van der Waals surface area contributed by atoms with Crippen LogP contribution >= 0.6 is 0 Å². The van der Waals surface area contributed by atoms with E-state index in [2.05, 4.69) is 10.6 Å². The lowest BCUT2D eigenvalue weighted by Crippen LogP contribution is -2.24. The highest BCUT2D eigenvalue weighted by molar-refractivity contribution is 5.97. The topological polar surface area (TPSA) is 63.5 Å². The van der Waals surface area contributed by atoms with E-state index in [0.717, 1.165) is 16.9 Å². The van der Waals surface area contributed by atoms with Crippen LogP contribution in [0.25, 0.3) is 0 Å². The lowest BCUT2D eigenvalue weighted by Gasteiger charge is -2.16. The molecule has 1 unspecified atom stereocenters. The molecule has 21 heavy (non-hydrogen) atoms. The van der Waals surface area contributed by atoms with Crippen LogP contribution in [0, 0.1) is 6.92 Å². The Kier molecular flexibility index (Phi) is 3.66. The molecule has 0 spiro atoms. The SMILES string of the molecule is CNC(c1coc(C)c1)c1ccc2c(c1)C(=O)NCCO2. The van der Waals surface area contributed by atoms with E-state index in [-0.39, 0.29) is 11.9 Å². The van der Waals surface area contributed by atoms with Gasteiger partial charge in [-0.15, -0.1) is 0 Å². The Morgan fingerprint density at radius 1 is 1.29 bits per heavy atom. The molecule has 110 valence electrons. The van der Waals surface area contributed by atoms with Gasteiger partial charge in [-0.2, -0.15) is 0 Å². The van der Waals surface area contributed by atoms with Gasteiger partial charge in [0.2, 0.25) is 0 Å². The predicted molar refractivity (Wildman–Crippen MR) is 78.6 cm³/mol. The zero-order valence-electron chi connectivity index (χ0n) is 12.1. The first kappa shape index (κ1) is 13.7. The van der Waals surface area contributed by atoms with Crippen molar-refractivity contribution in [3.63, 3.8) is 0 Å². The van der Waals surface area contributed by atoms with Crippen molar-refractivity contribution in [3.05, 3.63) is 53.0 Å². The van der Waals surface area contributed by atoms with Gasteiger partial charge in [-0.3, -0.25) is 4.79 Å². The molecule has 0 aliphatic carbocycles. The molecule has 2 aromatic rings. The number of hydrogen-bond donors (Lipinski definition) is 2. The molecule has 1 aromatic carbocycles. The van der Waals surface area contributed by atoms with Crippen molar-refractivity contribution in [2.45, 2.75) is 13.0 Å². The Labute approximate surface area is 123 Å². The summed E-state index contributed by atoms with van der Waals surface area (Å²) >= 11 is 0. The van der Waals surface area contributed by atoms with Crippen LogP contribution in [0.15, 0.2) is 34.9 Å². The molecule has 0 fully saturated rings. The summed E-state index contributed by atoms with van der Waals surface area (Å²) in [6.45, 7) is 2.93. The summed E-state index contributed by atoms with van der Waals surface area (Å²) in [5.74, 6) is 1.40. The van der Waals surface area contributed by atoms with Gasteiger partial charge in [0.1, 0.15) is 18.1 Å². The second-order valence-corrected chi connectivity index (χ2v) is 5.07. The monoisotopic (exact) mass is 286 g/mol. The average molecular weight is 286 g/mol. The highest BCUT2D eigenvalue weighted by Crippen LogP contribution is 2.28. The molecule has 1 atom stereocenters. The normalized spacial score (nSPS) is 15.6. The van der Waals surface area contributed by atoms with Crippen molar-refractivity contribution in [1.82, 2.24) is 10.6 Å². The van der Waals surface area contributed by atoms with Gasteiger partial charge in [0.25, 0.3) is 5.91 Å². The first-order chi connectivity index (χ1) is 10.2. The quantitative estimate of drug-likeness (QED) is 0.906. The van der Waals surface area contributed by atoms with Crippen molar-refractivity contribution in [2.75, 3.05) is 20.2 Å². The lowest BCUT2D eigenvalue weighted by atomic mass is 9.98. The number of amides is 1. The van der Waals surface area contributed by atoms with Gasteiger partial charge < -0.3 is 19.8 Å². The molecular weight excluding hydrogens is 268 g/mol. The number of carbonyl (C=O) groups is 1. The summed E-state index contributed by atoms with van der Waals surface area (Å²) in [7, 11) is 1.88. The number of rotatable bonds is 3. The molecule has 5 heteroatoms. The summed E-state index contributed by atoms with van der Waals surface area (Å²) in [6, 6.07) is 7.67. The van der Waals surface area contributed by atoms with Gasteiger partial charge in [-0.05, 0) is 37.7 Å². The summed E-state index contributed by atoms with van der Waals surface area (Å²) in [6.07, 6.45) is 1.73. The van der Waals surface area contributed by atoms with Gasteiger partial charge in [-0.25, -0.2) is 0 Å². The van der Waals surface area contributed by atoms with Crippen LogP contribution in [0.1, 0.15) is 33.3 Å². The molecule has 1 aliphatic rings. The van der Waals surface area contributed by atoms with Gasteiger partial charge in [0.05, 0.1) is 24.4 Å². The van der Waals surface area contributed by atoms with E-state index in [1.807, 2.05) is 38.2 Å². The Morgan fingerprint density at radius 2 is 2.14 bits per heavy atom. The Morgan fingerprint density at radius 3 is 2.86 bits per heavy atom. The zero-order valence-corrected chi connectivity index (χ0v) is 12.1. The van der Waals surface area contributed by atoms with Crippen LogP contribution in [-0.4, -0.2) is 26.1 Å². The molecule has 2 heterocycles. The number of fused-ring (bicyclic) bond motifs is 1. The van der Waals surface area contributed by atoms with E-state index < -0.39 is 0 Å². The smallest absolute Gasteiger partial charge is 0.255 e. The minimum atomic E-state index is -0.0948. The minimum Gasteiger partial charge on any atom is -0.491 e. The van der Waals surface area contributed by atoms with Gasteiger partial charge in [0, 0.05) is 5.56 Å². The summed E-state index contributed by atoms with van der Waals surface area (Å²) in [5.41, 5.74) is 2.60. The van der Waals surface area contributed by atoms with Crippen molar-refractivity contribution < 1.29 is 13.9 Å². The molecular formula is C16H18N2O3. The molecule has 0 radical (unpaired) electrons. The molecule has 0 saturated heterocycles. The lowest BCUT2D eigenvalue weighted by molar-refractivity contribution is 0.0957. The van der Waals surface area contributed by atoms with Gasteiger partial charge in [0.15, 0.2) is 0 Å². The van der Waals surface area contributed by atoms with Gasteiger partial charge in [-0.1, -0.05) is 6.07 Å². The van der Waals surface area contributed by atoms with Crippen LogP contribution < -0.4 is 15.4 Å². The van der Waals surface area contributed by atoms with Crippen molar-refractivity contribution in [1.29, 1.82) is 0 Å². The highest BCUT2D eigenvalue weighted by Gasteiger charge is 2.20. The fraction of sp³-hybridized carbons (Fsp3) is 0.312. The van der Waals surface area contributed by atoms with Crippen LogP contribution in [0.5, 0.6) is 5.75 Å². The number of carbonyl (C=O) groups excluding carboxylic acids is 1. The molecule has 0 saturated carbocycles. The molecule has 0 bridgehead atoms. The van der Waals surface area contributed by atoms with Crippen molar-refractivity contribution in [3.8, 4) is 5.75 Å². The van der Waals surface area contributed by atoms with Crippen LogP contribution in [0.2, 0.25) is 0 Å². The highest BCUT2D eigenvalue weighted by atomic mass is 16.5. The zero-order chi connectivity index (χ0) is 14.8. The fourth-order valence-electron chi connectivity index (χ4n) is 2.59. The van der Waals surface area contributed by atoms with E-state index >= 15 is 0 Å². The summed E-state index contributed by atoms with van der Waals surface area (Å²) in [4.78, 5) is 12.1. The molecule has 2 N–H and O–H groups in total. The molecule has 1 aliphatic heterocycles. The standard InChI is InChI=1S/C16H18N2O3/c1-10-7-12(9-21-10)15(17-2)11-3-4-14-13(8-11)16(19)18-5-6-20-14/h3-4,7-9,15,17H,5-6H2,1-2H3,(H,18,19). The number of benzene rings is 1. The number of hydrogen-bond acceptors (Lipinski definition) is 4. The number of nitrogens with one attached hydrogen (secondary N) is 2. The van der Waals surface area contributed by atoms with Crippen molar-refractivity contribution >= 4 is 5.91 Å². The second-order valence-electron chi connectivity index (χ2n) is 5.07. The number of furan rings is 1. The fourth-order valence-corrected chi connectivity index (χ4v) is 2.59. The van der Waals surface area contributed by atoms with Gasteiger partial charge >= 0.3 is 0 Å². The summed E-state index contributed by atoms with van der Waals surface area (Å²) in [5, 5.41) is 6.08. The van der Waals surface area contributed by atoms with Crippen LogP contribution in [-0.2, 0) is 0 Å². The third kappa shape index (κ3) is 2.64. The third-order valence-electron chi connectivity index (χ3n) is 3.60. The largest absolute Gasteiger partial charge is 0.491 e. The second kappa shape index (κ2) is 5.61. The summed E-state index contributed by atoms with van der Waals surface area (Å²) < 4.78 is 11.0. The number of ether oxygens (including phenoxy) is 1. The predicted octanol–water partition coefficient (Wildman–Crippen LogP) is 2.02. The van der Waals surface area contributed by atoms with E-state index in [9.17, 15) is 4.79 Å². The van der Waals surface area contributed by atoms with Crippen molar-refractivity contribution in [2.24, 2.45) is 0 Å². The third-order valence-corrected chi connectivity index (χ3v) is 3.60. The Balaban J connectivity index is 2.00. The number of aryl methyl sites for hydroxylation is 1. The van der Waals surface area contributed by atoms with Crippen LogP contribution in [0.3, 0.4) is 0 Å².